The number of hydrogen-bond donors (Lipinski definition) is 2. The van der Waals surface area contributed by atoms with E-state index in [2.05, 4.69) is 15.8 Å². The van der Waals surface area contributed by atoms with E-state index in [-0.39, 0.29) is 12.0 Å². The SMILES string of the molecule is COc1ccc2c(c1)C(=O)NC(c1ccc(OCCCCOc3c(OC)ccc(C4=NOC(c5cc(OC)c(OC)c(OC)c5)C4)c3OC)c(OC)c1)N2. The number of ether oxygens (including phenoxy) is 9. The lowest BCUT2D eigenvalue weighted by molar-refractivity contribution is 0.0853. The summed E-state index contributed by atoms with van der Waals surface area (Å²) in [5, 5.41) is 10.8. The van der Waals surface area contributed by atoms with Crippen molar-refractivity contribution in [2.45, 2.75) is 31.5 Å². The number of amides is 1. The summed E-state index contributed by atoms with van der Waals surface area (Å²) >= 11 is 0. The molecule has 2 N–H and O–H groups in total. The molecule has 4 aromatic carbocycles. The molecule has 0 aromatic heterocycles. The van der Waals surface area contributed by atoms with Crippen molar-refractivity contribution in [3.05, 3.63) is 82.9 Å². The summed E-state index contributed by atoms with van der Waals surface area (Å²) < 4.78 is 51.2. The van der Waals surface area contributed by atoms with Gasteiger partial charge < -0.3 is 58.1 Å². The van der Waals surface area contributed by atoms with Crippen molar-refractivity contribution in [1.82, 2.24) is 5.32 Å². The molecule has 2 heterocycles. The number of carbonyl (C=O) groups excluding carboxylic acids is 1. The van der Waals surface area contributed by atoms with Crippen molar-refractivity contribution in [2.24, 2.45) is 5.16 Å². The minimum Gasteiger partial charge on any atom is -0.497 e. The molecule has 2 aliphatic heterocycles. The molecule has 0 saturated carbocycles. The van der Waals surface area contributed by atoms with E-state index in [1.54, 1.807) is 55.8 Å². The second-order valence-electron chi connectivity index (χ2n) is 12.2. The predicted octanol–water partition coefficient (Wildman–Crippen LogP) is 6.70. The van der Waals surface area contributed by atoms with Gasteiger partial charge in [0.25, 0.3) is 5.91 Å². The van der Waals surface area contributed by atoms with Crippen LogP contribution in [0.25, 0.3) is 0 Å². The topological polar surface area (TPSA) is 146 Å². The van der Waals surface area contributed by atoms with Gasteiger partial charge in [-0.3, -0.25) is 4.79 Å². The fourth-order valence-electron chi connectivity index (χ4n) is 6.35. The lowest BCUT2D eigenvalue weighted by Crippen LogP contribution is -2.38. The van der Waals surface area contributed by atoms with Crippen LogP contribution >= 0.6 is 0 Å². The molecule has 4 aromatic rings. The normalized spacial score (nSPS) is 15.8. The summed E-state index contributed by atoms with van der Waals surface area (Å²) in [6.45, 7) is 0.810. The van der Waals surface area contributed by atoms with Gasteiger partial charge in [0.1, 0.15) is 11.9 Å². The minimum absolute atomic E-state index is 0.196. The van der Waals surface area contributed by atoms with E-state index in [1.807, 2.05) is 54.6 Å². The van der Waals surface area contributed by atoms with Crippen LogP contribution in [-0.2, 0) is 4.84 Å². The van der Waals surface area contributed by atoms with Gasteiger partial charge in [0.2, 0.25) is 11.5 Å². The van der Waals surface area contributed by atoms with Gasteiger partial charge >= 0.3 is 0 Å². The fourth-order valence-corrected chi connectivity index (χ4v) is 6.35. The van der Waals surface area contributed by atoms with E-state index in [4.69, 9.17) is 47.5 Å². The zero-order chi connectivity index (χ0) is 38.2. The van der Waals surface area contributed by atoms with Crippen LogP contribution in [0.4, 0.5) is 5.69 Å². The molecular weight excluding hydrogens is 698 g/mol. The Bertz CT molecular complexity index is 1980. The number of nitrogens with one attached hydrogen (secondary N) is 2. The molecule has 0 fully saturated rings. The van der Waals surface area contributed by atoms with E-state index >= 15 is 0 Å². The Morgan fingerprint density at radius 3 is 1.94 bits per heavy atom. The third-order valence-corrected chi connectivity index (χ3v) is 9.15. The number of oxime groups is 1. The summed E-state index contributed by atoms with van der Waals surface area (Å²) in [6.07, 6.45) is 1.03. The van der Waals surface area contributed by atoms with Gasteiger partial charge in [0, 0.05) is 23.2 Å². The number of nitrogens with zero attached hydrogens (tertiary/aromatic N) is 1. The van der Waals surface area contributed by atoms with Crippen LogP contribution in [0.2, 0.25) is 0 Å². The van der Waals surface area contributed by atoms with Gasteiger partial charge in [-0.2, -0.15) is 0 Å². The standard InChI is InChI=1S/C40H45N3O11/c1-45-25-11-13-28-27(21-25)40(44)42-39(41-28)23-10-14-30(33(18-23)47-3)52-16-8-9-17-53-38-31(46-2)15-12-26(36(38)50-6)29-22-32(54-43-29)24-19-34(48-4)37(51-7)35(20-24)49-5/h10-15,18-21,32,39,41H,8-9,16-17,22H2,1-7H3,(H,42,44). The second kappa shape index (κ2) is 17.1. The number of fused-ring (bicyclic) bond motifs is 1. The molecule has 14 nitrogen and oxygen atoms in total. The average Bonchev–Trinajstić information content (AvgIpc) is 3.71. The molecule has 2 unspecified atom stereocenters. The predicted molar refractivity (Wildman–Crippen MR) is 201 cm³/mol. The van der Waals surface area contributed by atoms with Gasteiger partial charge in [-0.25, -0.2) is 0 Å². The zero-order valence-electron chi connectivity index (χ0n) is 31.4. The van der Waals surface area contributed by atoms with Gasteiger partial charge in [0.15, 0.2) is 40.6 Å². The van der Waals surface area contributed by atoms with Crippen molar-refractivity contribution < 1.29 is 52.3 Å². The van der Waals surface area contributed by atoms with E-state index in [0.717, 1.165) is 22.4 Å². The number of anilines is 1. The summed E-state index contributed by atoms with van der Waals surface area (Å²) in [6, 6.07) is 18.3. The largest absolute Gasteiger partial charge is 0.497 e. The van der Waals surface area contributed by atoms with Crippen LogP contribution in [0, 0.1) is 0 Å². The molecule has 0 bridgehead atoms. The smallest absolute Gasteiger partial charge is 0.255 e. The highest BCUT2D eigenvalue weighted by Crippen LogP contribution is 2.45. The molecule has 0 saturated heterocycles. The Morgan fingerprint density at radius 2 is 1.28 bits per heavy atom. The number of carbonyl (C=O) groups is 1. The summed E-state index contributed by atoms with van der Waals surface area (Å²) in [5.41, 5.74) is 4.31. The summed E-state index contributed by atoms with van der Waals surface area (Å²) in [5.74, 6) is 4.62. The van der Waals surface area contributed by atoms with Crippen LogP contribution in [-0.4, -0.2) is 74.6 Å². The Hall–Kier alpha value is -6.18. The van der Waals surface area contributed by atoms with Crippen LogP contribution in [0.15, 0.2) is 65.8 Å². The third kappa shape index (κ3) is 7.77. The monoisotopic (exact) mass is 743 g/mol. The number of hydrogen-bond acceptors (Lipinski definition) is 13. The first kappa shape index (κ1) is 37.6. The Kier molecular flexibility index (Phi) is 11.9. The zero-order valence-corrected chi connectivity index (χ0v) is 31.4. The van der Waals surface area contributed by atoms with Crippen molar-refractivity contribution in [3.8, 4) is 51.7 Å². The lowest BCUT2D eigenvalue weighted by atomic mass is 9.98. The third-order valence-electron chi connectivity index (χ3n) is 9.15. The number of unbranched alkanes of at least 4 members (excludes halogenated alkanes) is 1. The van der Waals surface area contributed by atoms with Crippen LogP contribution in [0.3, 0.4) is 0 Å². The van der Waals surface area contributed by atoms with Gasteiger partial charge in [0.05, 0.1) is 74.3 Å². The molecule has 0 aliphatic carbocycles. The van der Waals surface area contributed by atoms with Crippen molar-refractivity contribution in [1.29, 1.82) is 0 Å². The highest BCUT2D eigenvalue weighted by Gasteiger charge is 2.30. The van der Waals surface area contributed by atoms with Crippen molar-refractivity contribution >= 4 is 17.3 Å². The van der Waals surface area contributed by atoms with E-state index in [9.17, 15) is 4.79 Å². The maximum atomic E-state index is 12.8. The maximum Gasteiger partial charge on any atom is 0.255 e. The number of benzene rings is 4. The van der Waals surface area contributed by atoms with E-state index in [0.29, 0.717) is 95.5 Å². The van der Waals surface area contributed by atoms with Crippen molar-refractivity contribution in [2.75, 3.05) is 68.3 Å². The molecule has 14 heteroatoms. The average molecular weight is 744 g/mol. The molecule has 54 heavy (non-hydrogen) atoms. The summed E-state index contributed by atoms with van der Waals surface area (Å²) in [7, 11) is 11.0. The van der Waals surface area contributed by atoms with E-state index < -0.39 is 6.17 Å². The molecule has 1 amide bonds. The van der Waals surface area contributed by atoms with Gasteiger partial charge in [-0.05, 0) is 73.0 Å². The van der Waals surface area contributed by atoms with Crippen molar-refractivity contribution in [3.63, 3.8) is 0 Å². The second-order valence-corrected chi connectivity index (χ2v) is 12.2. The van der Waals surface area contributed by atoms with Gasteiger partial charge in [-0.15, -0.1) is 0 Å². The Balaban J connectivity index is 1.05. The first-order chi connectivity index (χ1) is 26.3. The van der Waals surface area contributed by atoms with Crippen LogP contribution in [0.1, 0.15) is 58.6 Å². The first-order valence-electron chi connectivity index (χ1n) is 17.3. The maximum absolute atomic E-state index is 12.8. The highest BCUT2D eigenvalue weighted by atomic mass is 16.6. The molecule has 286 valence electrons. The van der Waals surface area contributed by atoms with Crippen LogP contribution in [0.5, 0.6) is 51.7 Å². The molecular formula is C40H45N3O11. The molecule has 6 rings (SSSR count). The van der Waals surface area contributed by atoms with Crippen LogP contribution < -0.4 is 53.3 Å². The lowest BCUT2D eigenvalue weighted by Gasteiger charge is -2.28. The fraction of sp³-hybridized carbons (Fsp3) is 0.350. The molecule has 0 radical (unpaired) electrons. The highest BCUT2D eigenvalue weighted by molar-refractivity contribution is 6.04. The Labute approximate surface area is 314 Å². The Morgan fingerprint density at radius 1 is 0.611 bits per heavy atom. The number of methoxy groups -OCH3 is 7. The summed E-state index contributed by atoms with van der Waals surface area (Å²) in [4.78, 5) is 18.7. The molecule has 0 spiro atoms. The number of rotatable bonds is 17. The minimum atomic E-state index is -0.442. The molecule has 2 atom stereocenters. The molecule has 2 aliphatic rings. The van der Waals surface area contributed by atoms with E-state index in [1.165, 1.54) is 0 Å². The quantitative estimate of drug-likeness (QED) is 0.111. The first-order valence-corrected chi connectivity index (χ1v) is 17.3. The van der Waals surface area contributed by atoms with Gasteiger partial charge in [-0.1, -0.05) is 11.2 Å².